The normalized spacial score (nSPS) is 10.9. The van der Waals surface area contributed by atoms with E-state index in [1.54, 1.807) is 7.11 Å². The van der Waals surface area contributed by atoms with Crippen LogP contribution in [-0.4, -0.2) is 18.0 Å². The minimum absolute atomic E-state index is 0.169. The predicted octanol–water partition coefficient (Wildman–Crippen LogP) is 6.85. The van der Waals surface area contributed by atoms with Crippen LogP contribution in [0.4, 0.5) is 5.69 Å². The average molecular weight is 475 g/mol. The molecule has 4 rings (SSSR count). The van der Waals surface area contributed by atoms with Crippen LogP contribution in [0, 0.1) is 20.8 Å². The summed E-state index contributed by atoms with van der Waals surface area (Å²) in [4.78, 5) is 18.3. The van der Waals surface area contributed by atoms with Crippen LogP contribution in [-0.2, 0) is 0 Å². The molecule has 4 aromatic rings. The molecule has 1 aromatic heterocycles. The number of pyridine rings is 1. The summed E-state index contributed by atoms with van der Waals surface area (Å²) in [5.41, 5.74) is 7.08. The molecule has 0 saturated carbocycles. The van der Waals surface area contributed by atoms with Gasteiger partial charge in [-0.2, -0.15) is 0 Å². The molecular weight excluding hydrogens is 452 g/mol. The standard InChI is InChI=1S/C26H23BrN2O2/c1-15-8-9-20(11-16(15)2)28-26(30)23-14-24(18-6-5-7-21(12-18)31-4)29-25-17(3)10-19(27)13-22(23)25/h5-14H,1-4H3,(H,28,30). The number of hydrogen-bond donors (Lipinski definition) is 1. The first kappa shape index (κ1) is 21.1. The number of methoxy groups -OCH3 is 1. The number of amides is 1. The maximum absolute atomic E-state index is 13.4. The molecule has 0 spiro atoms. The minimum Gasteiger partial charge on any atom is -0.497 e. The highest BCUT2D eigenvalue weighted by Crippen LogP contribution is 2.31. The quantitative estimate of drug-likeness (QED) is 0.351. The lowest BCUT2D eigenvalue weighted by molar-refractivity contribution is 0.102. The zero-order valence-electron chi connectivity index (χ0n) is 17.9. The fraction of sp³-hybridized carbons (Fsp3) is 0.154. The summed E-state index contributed by atoms with van der Waals surface area (Å²) >= 11 is 3.56. The number of halogens is 1. The monoisotopic (exact) mass is 474 g/mol. The van der Waals surface area contributed by atoms with Crippen LogP contribution in [0.1, 0.15) is 27.0 Å². The molecular formula is C26H23BrN2O2. The molecule has 4 nitrogen and oxygen atoms in total. The Hall–Kier alpha value is -3.18. The van der Waals surface area contributed by atoms with Crippen molar-refractivity contribution in [3.63, 3.8) is 0 Å². The van der Waals surface area contributed by atoms with Gasteiger partial charge in [-0.25, -0.2) is 4.98 Å². The molecule has 0 saturated heterocycles. The van der Waals surface area contributed by atoms with Gasteiger partial charge in [0.15, 0.2) is 0 Å². The molecule has 1 N–H and O–H groups in total. The second-order valence-electron chi connectivity index (χ2n) is 7.66. The Morgan fingerprint density at radius 2 is 1.74 bits per heavy atom. The van der Waals surface area contributed by atoms with Gasteiger partial charge in [0.2, 0.25) is 0 Å². The van der Waals surface area contributed by atoms with Crippen molar-refractivity contribution < 1.29 is 9.53 Å². The zero-order chi connectivity index (χ0) is 22.1. The van der Waals surface area contributed by atoms with E-state index in [2.05, 4.69) is 28.2 Å². The molecule has 0 radical (unpaired) electrons. The number of carbonyl (C=O) groups is 1. The van der Waals surface area contributed by atoms with Crippen LogP contribution in [0.3, 0.4) is 0 Å². The predicted molar refractivity (Wildman–Crippen MR) is 130 cm³/mol. The van der Waals surface area contributed by atoms with Crippen molar-refractivity contribution in [2.24, 2.45) is 0 Å². The summed E-state index contributed by atoms with van der Waals surface area (Å²) in [6, 6.07) is 19.4. The molecule has 3 aromatic carbocycles. The molecule has 0 aliphatic heterocycles. The van der Waals surface area contributed by atoms with Crippen LogP contribution in [0.2, 0.25) is 0 Å². The SMILES string of the molecule is COc1cccc(-c2cc(C(=O)Nc3ccc(C)c(C)c3)c3cc(Br)cc(C)c3n2)c1. The van der Waals surface area contributed by atoms with E-state index in [4.69, 9.17) is 9.72 Å². The summed E-state index contributed by atoms with van der Waals surface area (Å²) in [6.07, 6.45) is 0. The average Bonchev–Trinajstić information content (AvgIpc) is 2.75. The third-order valence-electron chi connectivity index (χ3n) is 5.44. The highest BCUT2D eigenvalue weighted by molar-refractivity contribution is 9.10. The number of benzene rings is 3. The van der Waals surface area contributed by atoms with Crippen molar-refractivity contribution in [1.29, 1.82) is 0 Å². The van der Waals surface area contributed by atoms with E-state index in [-0.39, 0.29) is 5.91 Å². The molecule has 156 valence electrons. The van der Waals surface area contributed by atoms with Gasteiger partial charge in [-0.05, 0) is 79.9 Å². The fourth-order valence-corrected chi connectivity index (χ4v) is 4.16. The molecule has 1 amide bonds. The van der Waals surface area contributed by atoms with Gasteiger partial charge in [-0.3, -0.25) is 4.79 Å². The number of aromatic nitrogens is 1. The second-order valence-corrected chi connectivity index (χ2v) is 8.57. The lowest BCUT2D eigenvalue weighted by atomic mass is 10.0. The van der Waals surface area contributed by atoms with E-state index < -0.39 is 0 Å². The Morgan fingerprint density at radius 1 is 0.935 bits per heavy atom. The van der Waals surface area contributed by atoms with Crippen molar-refractivity contribution in [3.05, 3.63) is 87.4 Å². The Bertz CT molecular complexity index is 1310. The Balaban J connectivity index is 1.87. The molecule has 0 aliphatic carbocycles. The maximum atomic E-state index is 13.4. The lowest BCUT2D eigenvalue weighted by Gasteiger charge is -2.14. The summed E-state index contributed by atoms with van der Waals surface area (Å²) in [5, 5.41) is 3.86. The van der Waals surface area contributed by atoms with E-state index in [1.807, 2.05) is 74.5 Å². The highest BCUT2D eigenvalue weighted by Gasteiger charge is 2.17. The first-order valence-corrected chi connectivity index (χ1v) is 10.8. The number of ether oxygens (including phenoxy) is 1. The van der Waals surface area contributed by atoms with Crippen molar-refractivity contribution >= 4 is 38.4 Å². The van der Waals surface area contributed by atoms with Crippen LogP contribution in [0.25, 0.3) is 22.2 Å². The van der Waals surface area contributed by atoms with Gasteiger partial charge < -0.3 is 10.1 Å². The molecule has 0 unspecified atom stereocenters. The first-order valence-electron chi connectivity index (χ1n) is 9.99. The minimum atomic E-state index is -0.169. The Labute approximate surface area is 190 Å². The third kappa shape index (κ3) is 4.32. The van der Waals surface area contributed by atoms with Crippen LogP contribution >= 0.6 is 15.9 Å². The van der Waals surface area contributed by atoms with E-state index in [0.717, 1.165) is 49.2 Å². The van der Waals surface area contributed by atoms with Gasteiger partial charge in [0.05, 0.1) is 23.9 Å². The van der Waals surface area contributed by atoms with E-state index in [0.29, 0.717) is 5.56 Å². The van der Waals surface area contributed by atoms with Gasteiger partial charge in [-0.1, -0.05) is 34.1 Å². The topological polar surface area (TPSA) is 51.2 Å². The zero-order valence-corrected chi connectivity index (χ0v) is 19.5. The largest absolute Gasteiger partial charge is 0.497 e. The highest BCUT2D eigenvalue weighted by atomic mass is 79.9. The van der Waals surface area contributed by atoms with Crippen LogP contribution in [0.5, 0.6) is 5.75 Å². The van der Waals surface area contributed by atoms with E-state index >= 15 is 0 Å². The van der Waals surface area contributed by atoms with Gasteiger partial charge in [0.1, 0.15) is 5.75 Å². The van der Waals surface area contributed by atoms with Crippen molar-refractivity contribution in [3.8, 4) is 17.0 Å². The molecule has 31 heavy (non-hydrogen) atoms. The second kappa shape index (κ2) is 8.52. The third-order valence-corrected chi connectivity index (χ3v) is 5.90. The maximum Gasteiger partial charge on any atom is 0.256 e. The van der Waals surface area contributed by atoms with E-state index in [1.165, 1.54) is 5.56 Å². The van der Waals surface area contributed by atoms with Crippen LogP contribution in [0.15, 0.2) is 65.1 Å². The van der Waals surface area contributed by atoms with E-state index in [9.17, 15) is 4.79 Å². The smallest absolute Gasteiger partial charge is 0.256 e. The first-order chi connectivity index (χ1) is 14.9. The lowest BCUT2D eigenvalue weighted by Crippen LogP contribution is -2.13. The van der Waals surface area contributed by atoms with Crippen molar-refractivity contribution in [2.75, 3.05) is 12.4 Å². The summed E-state index contributed by atoms with van der Waals surface area (Å²) in [5.74, 6) is 0.574. The van der Waals surface area contributed by atoms with Gasteiger partial charge >= 0.3 is 0 Å². The van der Waals surface area contributed by atoms with Gasteiger partial charge in [-0.15, -0.1) is 0 Å². The molecule has 0 bridgehead atoms. The molecule has 0 atom stereocenters. The number of nitrogens with zero attached hydrogens (tertiary/aromatic N) is 1. The fourth-order valence-electron chi connectivity index (χ4n) is 3.59. The number of aryl methyl sites for hydroxylation is 3. The Morgan fingerprint density at radius 3 is 2.48 bits per heavy atom. The molecule has 1 heterocycles. The number of nitrogens with one attached hydrogen (secondary N) is 1. The molecule has 0 aliphatic rings. The van der Waals surface area contributed by atoms with Crippen molar-refractivity contribution in [1.82, 2.24) is 4.98 Å². The molecule has 5 heteroatoms. The van der Waals surface area contributed by atoms with Gasteiger partial charge in [0.25, 0.3) is 5.91 Å². The van der Waals surface area contributed by atoms with Gasteiger partial charge in [0, 0.05) is 21.1 Å². The number of hydrogen-bond acceptors (Lipinski definition) is 3. The number of carbonyl (C=O) groups excluding carboxylic acids is 1. The van der Waals surface area contributed by atoms with Crippen LogP contribution < -0.4 is 10.1 Å². The Kier molecular flexibility index (Phi) is 5.79. The summed E-state index contributed by atoms with van der Waals surface area (Å²) in [7, 11) is 1.64. The number of anilines is 1. The molecule has 0 fully saturated rings. The number of fused-ring (bicyclic) bond motifs is 1. The number of rotatable bonds is 4. The van der Waals surface area contributed by atoms with Crippen molar-refractivity contribution in [2.45, 2.75) is 20.8 Å². The summed E-state index contributed by atoms with van der Waals surface area (Å²) in [6.45, 7) is 6.09. The summed E-state index contributed by atoms with van der Waals surface area (Å²) < 4.78 is 6.28.